The molecule has 0 atom stereocenters. The van der Waals surface area contributed by atoms with E-state index in [9.17, 15) is 4.79 Å². The number of hydrogen-bond acceptors (Lipinski definition) is 4. The molecule has 2 aromatic heterocycles. The number of fused-ring (bicyclic) bond motifs is 1. The molecule has 1 fully saturated rings. The Kier molecular flexibility index (Phi) is 3.75. The normalized spacial score (nSPS) is 15.1. The lowest BCUT2D eigenvalue weighted by Gasteiger charge is -2.14. The van der Waals surface area contributed by atoms with Crippen LogP contribution in [0.4, 0.5) is 5.69 Å². The number of carbonyl (C=O) groups excluding carboxylic acids is 1. The predicted octanol–water partition coefficient (Wildman–Crippen LogP) is 3.97. The number of carbonyl (C=O) groups is 1. The summed E-state index contributed by atoms with van der Waals surface area (Å²) in [7, 11) is 0. The Hall–Kier alpha value is -2.34. The number of anilines is 1. The third-order valence-corrected chi connectivity index (χ3v) is 5.02. The monoisotopic (exact) mass is 327 g/mol. The number of rotatable bonds is 4. The molecule has 118 valence electrons. The average molecular weight is 327 g/mol. The standard InChI is InChI=1S/C17H17N3O2S/c21-16(15-11-20-9-8-18-17(20)23-15)19-12-4-3-7-14(10-12)22-13-5-1-2-6-13/h3-4,7-11,13H,1-2,5-6H2,(H,19,21). The smallest absolute Gasteiger partial charge is 0.267 e. The number of nitrogens with zero attached hydrogens (tertiary/aromatic N) is 2. The minimum absolute atomic E-state index is 0.126. The minimum Gasteiger partial charge on any atom is -0.490 e. The zero-order valence-electron chi connectivity index (χ0n) is 12.6. The minimum atomic E-state index is -0.126. The summed E-state index contributed by atoms with van der Waals surface area (Å²) >= 11 is 1.37. The van der Waals surface area contributed by atoms with Crippen LogP contribution in [0.15, 0.2) is 42.9 Å². The van der Waals surface area contributed by atoms with Crippen molar-refractivity contribution in [2.45, 2.75) is 31.8 Å². The van der Waals surface area contributed by atoms with Crippen molar-refractivity contribution in [3.63, 3.8) is 0 Å². The highest BCUT2D eigenvalue weighted by atomic mass is 32.1. The molecule has 0 spiro atoms. The maximum Gasteiger partial charge on any atom is 0.267 e. The molecular weight excluding hydrogens is 310 g/mol. The van der Waals surface area contributed by atoms with Crippen molar-refractivity contribution >= 4 is 27.9 Å². The van der Waals surface area contributed by atoms with Gasteiger partial charge in [0.05, 0.1) is 6.10 Å². The number of benzene rings is 1. The lowest BCUT2D eigenvalue weighted by atomic mass is 10.2. The summed E-state index contributed by atoms with van der Waals surface area (Å²) in [6.07, 6.45) is 10.4. The largest absolute Gasteiger partial charge is 0.490 e. The van der Waals surface area contributed by atoms with Gasteiger partial charge in [-0.05, 0) is 37.8 Å². The van der Waals surface area contributed by atoms with Gasteiger partial charge in [0.1, 0.15) is 10.6 Å². The van der Waals surface area contributed by atoms with Gasteiger partial charge in [-0.3, -0.25) is 9.20 Å². The van der Waals surface area contributed by atoms with E-state index in [1.54, 1.807) is 12.4 Å². The summed E-state index contributed by atoms with van der Waals surface area (Å²) in [5, 5.41) is 2.92. The number of thiazole rings is 1. The molecular formula is C17H17N3O2S. The summed E-state index contributed by atoms with van der Waals surface area (Å²) in [6, 6.07) is 7.60. The second-order valence-electron chi connectivity index (χ2n) is 5.72. The van der Waals surface area contributed by atoms with Gasteiger partial charge in [-0.25, -0.2) is 4.98 Å². The second-order valence-corrected chi connectivity index (χ2v) is 6.73. The van der Waals surface area contributed by atoms with Gasteiger partial charge in [-0.2, -0.15) is 0 Å². The molecule has 0 unspecified atom stereocenters. The Morgan fingerprint density at radius 1 is 1.35 bits per heavy atom. The van der Waals surface area contributed by atoms with Crippen LogP contribution in [-0.2, 0) is 0 Å². The molecule has 23 heavy (non-hydrogen) atoms. The van der Waals surface area contributed by atoms with Crippen molar-refractivity contribution < 1.29 is 9.53 Å². The number of amides is 1. The first kappa shape index (κ1) is 14.3. The molecule has 1 aromatic carbocycles. The van der Waals surface area contributed by atoms with Crippen LogP contribution in [0, 0.1) is 0 Å². The van der Waals surface area contributed by atoms with Gasteiger partial charge in [-0.1, -0.05) is 17.4 Å². The highest BCUT2D eigenvalue weighted by Gasteiger charge is 2.17. The quantitative estimate of drug-likeness (QED) is 0.789. The average Bonchev–Trinajstić information content (AvgIpc) is 3.24. The zero-order valence-corrected chi connectivity index (χ0v) is 13.4. The third-order valence-electron chi connectivity index (χ3n) is 4.01. The van der Waals surface area contributed by atoms with Crippen LogP contribution in [0.5, 0.6) is 5.75 Å². The lowest BCUT2D eigenvalue weighted by molar-refractivity contribution is 0.103. The predicted molar refractivity (Wildman–Crippen MR) is 90.3 cm³/mol. The summed E-state index contributed by atoms with van der Waals surface area (Å²) in [4.78, 5) is 18.0. The summed E-state index contributed by atoms with van der Waals surface area (Å²) < 4.78 is 7.82. The van der Waals surface area contributed by atoms with Gasteiger partial charge in [0.2, 0.25) is 0 Å². The van der Waals surface area contributed by atoms with E-state index in [1.807, 2.05) is 34.9 Å². The first-order valence-corrected chi connectivity index (χ1v) is 8.60. The number of aromatic nitrogens is 2. The highest BCUT2D eigenvalue weighted by molar-refractivity contribution is 7.18. The Balaban J connectivity index is 1.47. The molecule has 0 bridgehead atoms. The van der Waals surface area contributed by atoms with Gasteiger partial charge in [0.25, 0.3) is 5.91 Å². The molecule has 5 nitrogen and oxygen atoms in total. The van der Waals surface area contributed by atoms with Crippen LogP contribution < -0.4 is 10.1 Å². The summed E-state index contributed by atoms with van der Waals surface area (Å²) in [5.74, 6) is 0.689. The molecule has 2 heterocycles. The first-order chi connectivity index (χ1) is 11.3. The SMILES string of the molecule is O=C(Nc1cccc(OC2CCCC2)c1)c1cn2ccnc2s1. The van der Waals surface area contributed by atoms with E-state index < -0.39 is 0 Å². The van der Waals surface area contributed by atoms with Crippen LogP contribution in [0.3, 0.4) is 0 Å². The Morgan fingerprint density at radius 3 is 3.04 bits per heavy atom. The van der Waals surface area contributed by atoms with E-state index in [4.69, 9.17) is 4.74 Å². The van der Waals surface area contributed by atoms with Crippen LogP contribution >= 0.6 is 11.3 Å². The van der Waals surface area contributed by atoms with Gasteiger partial charge in [0.15, 0.2) is 4.96 Å². The molecule has 1 aliphatic carbocycles. The van der Waals surface area contributed by atoms with E-state index in [0.717, 1.165) is 29.2 Å². The summed E-state index contributed by atoms with van der Waals surface area (Å²) in [6.45, 7) is 0. The van der Waals surface area contributed by atoms with E-state index >= 15 is 0 Å². The lowest BCUT2D eigenvalue weighted by Crippen LogP contribution is -2.12. The van der Waals surface area contributed by atoms with Crippen molar-refractivity contribution in [1.29, 1.82) is 0 Å². The molecule has 1 aliphatic rings. The maximum absolute atomic E-state index is 12.4. The van der Waals surface area contributed by atoms with E-state index in [-0.39, 0.29) is 5.91 Å². The van der Waals surface area contributed by atoms with Crippen molar-refractivity contribution in [3.8, 4) is 5.75 Å². The fourth-order valence-electron chi connectivity index (χ4n) is 2.87. The molecule has 4 rings (SSSR count). The van der Waals surface area contributed by atoms with Gasteiger partial charge in [-0.15, -0.1) is 0 Å². The van der Waals surface area contributed by atoms with Gasteiger partial charge < -0.3 is 10.1 Å². The first-order valence-electron chi connectivity index (χ1n) is 7.78. The van der Waals surface area contributed by atoms with E-state index in [1.165, 1.54) is 24.2 Å². The second kappa shape index (κ2) is 6.04. The molecule has 1 saturated carbocycles. The topological polar surface area (TPSA) is 55.6 Å². The van der Waals surface area contributed by atoms with Crippen molar-refractivity contribution in [2.24, 2.45) is 0 Å². The highest BCUT2D eigenvalue weighted by Crippen LogP contribution is 2.26. The fraction of sp³-hybridized carbons (Fsp3) is 0.294. The molecule has 1 amide bonds. The van der Waals surface area contributed by atoms with Crippen molar-refractivity contribution in [2.75, 3.05) is 5.32 Å². The Labute approximate surface area is 137 Å². The maximum atomic E-state index is 12.4. The van der Waals surface area contributed by atoms with Crippen LogP contribution in [0.25, 0.3) is 4.96 Å². The molecule has 1 N–H and O–H groups in total. The van der Waals surface area contributed by atoms with Crippen LogP contribution in [0.2, 0.25) is 0 Å². The molecule has 3 aromatic rings. The summed E-state index contributed by atoms with van der Waals surface area (Å²) in [5.41, 5.74) is 0.747. The molecule has 0 aliphatic heterocycles. The molecule has 0 radical (unpaired) electrons. The number of hydrogen-bond donors (Lipinski definition) is 1. The van der Waals surface area contributed by atoms with E-state index in [2.05, 4.69) is 10.3 Å². The zero-order chi connectivity index (χ0) is 15.6. The molecule has 0 saturated heterocycles. The number of imidazole rings is 1. The number of ether oxygens (including phenoxy) is 1. The van der Waals surface area contributed by atoms with Gasteiger partial charge in [0, 0.05) is 30.3 Å². The van der Waals surface area contributed by atoms with E-state index in [0.29, 0.717) is 11.0 Å². The van der Waals surface area contributed by atoms with Crippen LogP contribution in [0.1, 0.15) is 35.4 Å². The van der Waals surface area contributed by atoms with Crippen molar-refractivity contribution in [1.82, 2.24) is 9.38 Å². The van der Waals surface area contributed by atoms with Crippen molar-refractivity contribution in [3.05, 3.63) is 47.7 Å². The number of nitrogens with one attached hydrogen (secondary N) is 1. The Bertz CT molecular complexity index is 805. The Morgan fingerprint density at radius 2 is 2.22 bits per heavy atom. The molecule has 6 heteroatoms. The van der Waals surface area contributed by atoms with Gasteiger partial charge >= 0.3 is 0 Å². The fourth-order valence-corrected chi connectivity index (χ4v) is 3.71. The van der Waals surface area contributed by atoms with Crippen LogP contribution in [-0.4, -0.2) is 21.4 Å². The third kappa shape index (κ3) is 3.07.